The van der Waals surface area contributed by atoms with Gasteiger partial charge in [0.05, 0.1) is 22.3 Å². The second-order valence-electron chi connectivity index (χ2n) is 6.66. The minimum Gasteiger partial charge on any atom is -0.355 e. The molecule has 2 aromatic heterocycles. The zero-order chi connectivity index (χ0) is 20.5. The standard InChI is InChI=1S/C23H15FN4O2/c24-16-9-3-1-7-14(16)21-13-20(28-30-21)23(29)27-17-10-4-2-8-15(17)22-25-18-11-5-6-12-19(18)26-22/h1-13H,(H,25,26)(H,27,29). The average Bonchev–Trinajstić information content (AvgIpc) is 3.42. The molecule has 0 atom stereocenters. The van der Waals surface area contributed by atoms with Gasteiger partial charge in [0, 0.05) is 11.6 Å². The summed E-state index contributed by atoms with van der Waals surface area (Å²) >= 11 is 0. The summed E-state index contributed by atoms with van der Waals surface area (Å²) in [6.45, 7) is 0. The number of rotatable bonds is 4. The summed E-state index contributed by atoms with van der Waals surface area (Å²) in [6.07, 6.45) is 0. The number of nitrogens with one attached hydrogen (secondary N) is 2. The van der Waals surface area contributed by atoms with Gasteiger partial charge in [0.1, 0.15) is 11.6 Å². The summed E-state index contributed by atoms with van der Waals surface area (Å²) in [7, 11) is 0. The van der Waals surface area contributed by atoms with Crippen molar-refractivity contribution in [2.45, 2.75) is 0 Å². The highest BCUT2D eigenvalue weighted by Gasteiger charge is 2.18. The Hall–Kier alpha value is -4.26. The topological polar surface area (TPSA) is 83.8 Å². The zero-order valence-corrected chi connectivity index (χ0v) is 15.6. The lowest BCUT2D eigenvalue weighted by Gasteiger charge is -2.08. The maximum atomic E-state index is 14.0. The van der Waals surface area contributed by atoms with Crippen LogP contribution in [0.15, 0.2) is 83.4 Å². The smallest absolute Gasteiger partial charge is 0.277 e. The van der Waals surface area contributed by atoms with Crippen LogP contribution in [-0.4, -0.2) is 21.0 Å². The molecule has 2 N–H and O–H groups in total. The molecular weight excluding hydrogens is 383 g/mol. The molecule has 1 amide bonds. The second-order valence-corrected chi connectivity index (χ2v) is 6.66. The molecule has 0 spiro atoms. The number of para-hydroxylation sites is 3. The largest absolute Gasteiger partial charge is 0.355 e. The van der Waals surface area contributed by atoms with Crippen LogP contribution in [0.25, 0.3) is 33.7 Å². The maximum Gasteiger partial charge on any atom is 0.277 e. The van der Waals surface area contributed by atoms with E-state index < -0.39 is 11.7 Å². The van der Waals surface area contributed by atoms with E-state index in [1.165, 1.54) is 12.1 Å². The van der Waals surface area contributed by atoms with Gasteiger partial charge in [-0.3, -0.25) is 4.79 Å². The molecule has 2 heterocycles. The van der Waals surface area contributed by atoms with Gasteiger partial charge in [-0.1, -0.05) is 41.6 Å². The van der Waals surface area contributed by atoms with Crippen molar-refractivity contribution in [3.63, 3.8) is 0 Å². The van der Waals surface area contributed by atoms with Crippen molar-refractivity contribution in [2.24, 2.45) is 0 Å². The van der Waals surface area contributed by atoms with Crippen molar-refractivity contribution >= 4 is 22.6 Å². The van der Waals surface area contributed by atoms with Crippen molar-refractivity contribution in [1.82, 2.24) is 15.1 Å². The fourth-order valence-corrected chi connectivity index (χ4v) is 3.24. The summed E-state index contributed by atoms with van der Waals surface area (Å²) in [5, 5.41) is 6.62. The molecule has 6 nitrogen and oxygen atoms in total. The first-order valence-corrected chi connectivity index (χ1v) is 9.26. The third kappa shape index (κ3) is 3.22. The Morgan fingerprint density at radius 2 is 1.67 bits per heavy atom. The number of carbonyl (C=O) groups excluding carboxylic acids is 1. The number of hydrogen-bond acceptors (Lipinski definition) is 4. The minimum absolute atomic E-state index is 0.0488. The predicted molar refractivity (Wildman–Crippen MR) is 111 cm³/mol. The summed E-state index contributed by atoms with van der Waals surface area (Å²) in [4.78, 5) is 20.6. The lowest BCUT2D eigenvalue weighted by Crippen LogP contribution is -2.13. The van der Waals surface area contributed by atoms with E-state index in [-0.39, 0.29) is 17.0 Å². The molecule has 146 valence electrons. The number of imidazole rings is 1. The van der Waals surface area contributed by atoms with Crippen LogP contribution in [-0.2, 0) is 0 Å². The predicted octanol–water partition coefficient (Wildman–Crippen LogP) is 5.28. The van der Waals surface area contributed by atoms with Gasteiger partial charge in [0.15, 0.2) is 11.5 Å². The molecule has 5 rings (SSSR count). The van der Waals surface area contributed by atoms with Gasteiger partial charge in [-0.2, -0.15) is 0 Å². The molecular formula is C23H15FN4O2. The van der Waals surface area contributed by atoms with Crippen LogP contribution in [0.1, 0.15) is 10.5 Å². The van der Waals surface area contributed by atoms with Gasteiger partial charge in [0.25, 0.3) is 5.91 Å². The molecule has 0 aliphatic heterocycles. The van der Waals surface area contributed by atoms with E-state index in [0.29, 0.717) is 11.5 Å². The van der Waals surface area contributed by atoms with Gasteiger partial charge in [-0.25, -0.2) is 9.37 Å². The first-order valence-electron chi connectivity index (χ1n) is 9.26. The van der Waals surface area contributed by atoms with E-state index in [1.807, 2.05) is 42.5 Å². The maximum absolute atomic E-state index is 14.0. The van der Waals surface area contributed by atoms with Crippen LogP contribution in [0.2, 0.25) is 0 Å². The quantitative estimate of drug-likeness (QED) is 0.432. The molecule has 0 unspecified atom stereocenters. The Morgan fingerprint density at radius 3 is 2.50 bits per heavy atom. The number of aromatic amines is 1. The number of benzene rings is 3. The monoisotopic (exact) mass is 398 g/mol. The number of carbonyl (C=O) groups is 1. The number of amides is 1. The highest BCUT2D eigenvalue weighted by molar-refractivity contribution is 6.05. The number of H-pyrrole nitrogens is 1. The van der Waals surface area contributed by atoms with Crippen LogP contribution in [0.4, 0.5) is 10.1 Å². The molecule has 30 heavy (non-hydrogen) atoms. The lowest BCUT2D eigenvalue weighted by molar-refractivity contribution is 0.101. The normalized spacial score (nSPS) is 11.0. The molecule has 7 heteroatoms. The molecule has 0 radical (unpaired) electrons. The van der Waals surface area contributed by atoms with Crippen LogP contribution in [0, 0.1) is 5.82 Å². The van der Waals surface area contributed by atoms with Crippen molar-refractivity contribution in [1.29, 1.82) is 0 Å². The second kappa shape index (κ2) is 7.29. The lowest BCUT2D eigenvalue weighted by atomic mass is 10.1. The van der Waals surface area contributed by atoms with E-state index in [1.54, 1.807) is 24.3 Å². The number of hydrogen-bond donors (Lipinski definition) is 2. The molecule has 3 aromatic carbocycles. The summed E-state index contributed by atoms with van der Waals surface area (Å²) in [6, 6.07) is 22.6. The van der Waals surface area contributed by atoms with Crippen molar-refractivity contribution in [2.75, 3.05) is 5.32 Å². The third-order valence-corrected chi connectivity index (χ3v) is 4.70. The highest BCUT2D eigenvalue weighted by Crippen LogP contribution is 2.28. The highest BCUT2D eigenvalue weighted by atomic mass is 19.1. The van der Waals surface area contributed by atoms with E-state index in [0.717, 1.165) is 16.6 Å². The Morgan fingerprint density at radius 1 is 0.933 bits per heavy atom. The molecule has 0 bridgehead atoms. The first-order chi connectivity index (χ1) is 14.7. The van der Waals surface area contributed by atoms with Crippen LogP contribution in [0.5, 0.6) is 0 Å². The number of fused-ring (bicyclic) bond motifs is 1. The van der Waals surface area contributed by atoms with E-state index >= 15 is 0 Å². The number of nitrogens with zero attached hydrogens (tertiary/aromatic N) is 2. The van der Waals surface area contributed by atoms with Crippen LogP contribution >= 0.6 is 0 Å². The van der Waals surface area contributed by atoms with Gasteiger partial charge in [-0.05, 0) is 36.4 Å². The molecule has 0 aliphatic rings. The number of anilines is 1. The molecule has 0 saturated heterocycles. The molecule has 0 fully saturated rings. The average molecular weight is 398 g/mol. The number of halogens is 1. The van der Waals surface area contributed by atoms with Crippen molar-refractivity contribution in [3.8, 4) is 22.7 Å². The SMILES string of the molecule is O=C(Nc1ccccc1-c1nc2ccccc2[nH]1)c1cc(-c2ccccc2F)on1. The Balaban J connectivity index is 1.44. The Kier molecular flexibility index (Phi) is 4.33. The first kappa shape index (κ1) is 17.8. The minimum atomic E-state index is -0.468. The zero-order valence-electron chi connectivity index (χ0n) is 15.6. The molecule has 5 aromatic rings. The molecule has 0 saturated carbocycles. The summed E-state index contributed by atoms with van der Waals surface area (Å²) in [5.74, 6) is -0.0937. The third-order valence-electron chi connectivity index (χ3n) is 4.70. The van der Waals surface area contributed by atoms with E-state index in [4.69, 9.17) is 4.52 Å². The number of aromatic nitrogens is 3. The van der Waals surface area contributed by atoms with Crippen molar-refractivity contribution in [3.05, 3.63) is 90.4 Å². The molecule has 0 aliphatic carbocycles. The Bertz CT molecular complexity index is 1340. The van der Waals surface area contributed by atoms with E-state index in [9.17, 15) is 9.18 Å². The summed E-state index contributed by atoms with van der Waals surface area (Å²) < 4.78 is 19.1. The Labute approximate surface area is 170 Å². The van der Waals surface area contributed by atoms with Gasteiger partial charge < -0.3 is 14.8 Å². The van der Waals surface area contributed by atoms with Gasteiger partial charge >= 0.3 is 0 Å². The van der Waals surface area contributed by atoms with Gasteiger partial charge in [0.2, 0.25) is 0 Å². The van der Waals surface area contributed by atoms with Gasteiger partial charge in [-0.15, -0.1) is 0 Å². The summed E-state index contributed by atoms with van der Waals surface area (Å²) in [5.41, 5.74) is 3.33. The van der Waals surface area contributed by atoms with E-state index in [2.05, 4.69) is 20.4 Å². The van der Waals surface area contributed by atoms with Crippen LogP contribution in [0.3, 0.4) is 0 Å². The van der Waals surface area contributed by atoms with Crippen molar-refractivity contribution < 1.29 is 13.7 Å². The fraction of sp³-hybridized carbons (Fsp3) is 0. The van der Waals surface area contributed by atoms with Crippen LogP contribution < -0.4 is 5.32 Å². The fourth-order valence-electron chi connectivity index (χ4n) is 3.24.